The SMILES string of the molecule is CCC(C)/C=N/NC(=O)CCC(=O)NN. The third-order valence-corrected chi connectivity index (χ3v) is 1.90. The monoisotopic (exact) mass is 214 g/mol. The second-order valence-corrected chi connectivity index (χ2v) is 3.27. The highest BCUT2D eigenvalue weighted by Gasteiger charge is 2.04. The normalized spacial score (nSPS) is 12.5. The zero-order valence-corrected chi connectivity index (χ0v) is 9.12. The molecular formula is C9H18N4O2. The molecule has 86 valence electrons. The Kier molecular flexibility index (Phi) is 7.17. The van der Waals surface area contributed by atoms with Crippen molar-refractivity contribution >= 4 is 18.0 Å². The standard InChI is InChI=1S/C9H18N4O2/c1-3-7(2)6-11-13-9(15)5-4-8(14)12-10/h6-7H,3-5,10H2,1-2H3,(H,12,14)(H,13,15)/b11-6+. The zero-order valence-electron chi connectivity index (χ0n) is 9.12. The number of hydrogen-bond acceptors (Lipinski definition) is 4. The van der Waals surface area contributed by atoms with Crippen LogP contribution >= 0.6 is 0 Å². The number of nitrogens with one attached hydrogen (secondary N) is 2. The molecule has 4 N–H and O–H groups in total. The first-order valence-electron chi connectivity index (χ1n) is 4.91. The van der Waals surface area contributed by atoms with Crippen LogP contribution in [-0.2, 0) is 9.59 Å². The Morgan fingerprint density at radius 2 is 2.00 bits per heavy atom. The number of hydrogen-bond donors (Lipinski definition) is 3. The van der Waals surface area contributed by atoms with Crippen molar-refractivity contribution in [2.24, 2.45) is 16.9 Å². The van der Waals surface area contributed by atoms with Crippen molar-refractivity contribution in [2.45, 2.75) is 33.1 Å². The van der Waals surface area contributed by atoms with E-state index in [1.165, 1.54) is 0 Å². The number of amides is 2. The molecule has 1 atom stereocenters. The zero-order chi connectivity index (χ0) is 11.7. The molecule has 6 heteroatoms. The molecular weight excluding hydrogens is 196 g/mol. The van der Waals surface area contributed by atoms with Crippen LogP contribution in [-0.4, -0.2) is 18.0 Å². The van der Waals surface area contributed by atoms with Gasteiger partial charge in [-0.25, -0.2) is 11.3 Å². The van der Waals surface area contributed by atoms with E-state index in [1.54, 1.807) is 6.21 Å². The first-order chi connectivity index (χ1) is 7.10. The Balaban J connectivity index is 3.66. The maximum atomic E-state index is 11.1. The Morgan fingerprint density at radius 1 is 1.40 bits per heavy atom. The van der Waals surface area contributed by atoms with E-state index in [4.69, 9.17) is 5.84 Å². The Hall–Kier alpha value is -1.43. The Bertz CT molecular complexity index is 240. The maximum Gasteiger partial charge on any atom is 0.240 e. The molecule has 0 heterocycles. The summed E-state index contributed by atoms with van der Waals surface area (Å²) in [5.74, 6) is 4.53. The molecule has 0 fully saturated rings. The summed E-state index contributed by atoms with van der Waals surface area (Å²) in [7, 11) is 0. The van der Waals surface area contributed by atoms with Crippen LogP contribution in [0.25, 0.3) is 0 Å². The van der Waals surface area contributed by atoms with Crippen LogP contribution in [0.15, 0.2) is 5.10 Å². The summed E-state index contributed by atoms with van der Waals surface area (Å²) in [4.78, 5) is 21.8. The fraction of sp³-hybridized carbons (Fsp3) is 0.667. The molecule has 1 unspecified atom stereocenters. The Labute approximate surface area is 89.3 Å². The van der Waals surface area contributed by atoms with Crippen LogP contribution in [0.3, 0.4) is 0 Å². The van der Waals surface area contributed by atoms with Gasteiger partial charge < -0.3 is 0 Å². The molecule has 0 aromatic carbocycles. The molecule has 6 nitrogen and oxygen atoms in total. The molecule has 0 radical (unpaired) electrons. The van der Waals surface area contributed by atoms with Gasteiger partial charge in [0, 0.05) is 19.1 Å². The van der Waals surface area contributed by atoms with Crippen molar-refractivity contribution in [3.63, 3.8) is 0 Å². The highest BCUT2D eigenvalue weighted by Crippen LogP contribution is 1.94. The molecule has 0 aromatic rings. The lowest BCUT2D eigenvalue weighted by molar-refractivity contribution is -0.126. The van der Waals surface area contributed by atoms with Gasteiger partial charge in [-0.15, -0.1) is 0 Å². The van der Waals surface area contributed by atoms with Gasteiger partial charge in [0.25, 0.3) is 0 Å². The van der Waals surface area contributed by atoms with Crippen molar-refractivity contribution in [3.05, 3.63) is 0 Å². The molecule has 0 aliphatic rings. The Morgan fingerprint density at radius 3 is 2.53 bits per heavy atom. The van der Waals surface area contributed by atoms with Gasteiger partial charge in [-0.05, 0) is 12.3 Å². The molecule has 0 saturated heterocycles. The number of nitrogens with zero attached hydrogens (tertiary/aromatic N) is 1. The molecule has 15 heavy (non-hydrogen) atoms. The van der Waals surface area contributed by atoms with Gasteiger partial charge in [0.05, 0.1) is 0 Å². The summed E-state index contributed by atoms with van der Waals surface area (Å²) in [6, 6.07) is 0. The van der Waals surface area contributed by atoms with Gasteiger partial charge in [-0.1, -0.05) is 13.8 Å². The summed E-state index contributed by atoms with van der Waals surface area (Å²) in [6.45, 7) is 4.03. The molecule has 0 saturated carbocycles. The van der Waals surface area contributed by atoms with E-state index in [1.807, 2.05) is 19.3 Å². The predicted molar refractivity (Wildman–Crippen MR) is 57.7 cm³/mol. The van der Waals surface area contributed by atoms with Crippen LogP contribution in [0.4, 0.5) is 0 Å². The van der Waals surface area contributed by atoms with E-state index in [0.29, 0.717) is 5.92 Å². The van der Waals surface area contributed by atoms with E-state index < -0.39 is 0 Å². The van der Waals surface area contributed by atoms with Crippen LogP contribution in [0.2, 0.25) is 0 Å². The molecule has 0 aromatic heterocycles. The number of hydrazone groups is 1. The minimum Gasteiger partial charge on any atom is -0.294 e. The largest absolute Gasteiger partial charge is 0.294 e. The fourth-order valence-electron chi connectivity index (χ4n) is 0.697. The van der Waals surface area contributed by atoms with Crippen molar-refractivity contribution in [3.8, 4) is 0 Å². The number of rotatable bonds is 6. The third-order valence-electron chi connectivity index (χ3n) is 1.90. The minimum atomic E-state index is -0.365. The fourth-order valence-corrected chi connectivity index (χ4v) is 0.697. The molecule has 0 aliphatic carbocycles. The van der Waals surface area contributed by atoms with Crippen molar-refractivity contribution in [1.29, 1.82) is 0 Å². The van der Waals surface area contributed by atoms with Gasteiger partial charge in [0.15, 0.2) is 0 Å². The molecule has 0 spiro atoms. The summed E-state index contributed by atoms with van der Waals surface area (Å²) < 4.78 is 0. The lowest BCUT2D eigenvalue weighted by Crippen LogP contribution is -2.31. The van der Waals surface area contributed by atoms with Gasteiger partial charge in [0.1, 0.15) is 0 Å². The summed E-state index contributed by atoms with van der Waals surface area (Å²) in [6.07, 6.45) is 2.79. The highest BCUT2D eigenvalue weighted by molar-refractivity contribution is 5.83. The second kappa shape index (κ2) is 7.93. The lowest BCUT2D eigenvalue weighted by Gasteiger charge is -2.01. The lowest BCUT2D eigenvalue weighted by atomic mass is 10.1. The van der Waals surface area contributed by atoms with Gasteiger partial charge >= 0.3 is 0 Å². The van der Waals surface area contributed by atoms with Gasteiger partial charge in [0.2, 0.25) is 11.8 Å². The van der Waals surface area contributed by atoms with Crippen LogP contribution in [0, 0.1) is 5.92 Å². The van der Waals surface area contributed by atoms with E-state index in [0.717, 1.165) is 6.42 Å². The van der Waals surface area contributed by atoms with E-state index in [9.17, 15) is 9.59 Å². The average Bonchev–Trinajstić information content (AvgIpc) is 2.25. The number of hydrazine groups is 1. The smallest absolute Gasteiger partial charge is 0.240 e. The number of nitrogens with two attached hydrogens (primary N) is 1. The topological polar surface area (TPSA) is 96.6 Å². The van der Waals surface area contributed by atoms with Gasteiger partial charge in [-0.2, -0.15) is 5.10 Å². The second-order valence-electron chi connectivity index (χ2n) is 3.27. The van der Waals surface area contributed by atoms with Crippen LogP contribution < -0.4 is 16.7 Å². The summed E-state index contributed by atoms with van der Waals surface area (Å²) in [5.41, 5.74) is 4.28. The summed E-state index contributed by atoms with van der Waals surface area (Å²) in [5, 5.41) is 3.76. The minimum absolute atomic E-state index is 0.0706. The van der Waals surface area contributed by atoms with E-state index >= 15 is 0 Å². The van der Waals surface area contributed by atoms with Crippen LogP contribution in [0.5, 0.6) is 0 Å². The quantitative estimate of drug-likeness (QED) is 0.249. The van der Waals surface area contributed by atoms with Gasteiger partial charge in [-0.3, -0.25) is 15.0 Å². The molecule has 2 amide bonds. The molecule has 0 bridgehead atoms. The molecule has 0 aliphatic heterocycles. The first-order valence-corrected chi connectivity index (χ1v) is 4.91. The van der Waals surface area contributed by atoms with E-state index in [-0.39, 0.29) is 24.7 Å². The predicted octanol–water partition coefficient (Wildman–Crippen LogP) is -0.0954. The van der Waals surface area contributed by atoms with E-state index in [2.05, 4.69) is 10.5 Å². The summed E-state index contributed by atoms with van der Waals surface area (Å²) >= 11 is 0. The average molecular weight is 214 g/mol. The van der Waals surface area contributed by atoms with Crippen molar-refractivity contribution in [1.82, 2.24) is 10.9 Å². The highest BCUT2D eigenvalue weighted by atomic mass is 16.2. The van der Waals surface area contributed by atoms with Crippen molar-refractivity contribution in [2.75, 3.05) is 0 Å². The number of carbonyl (C=O) groups excluding carboxylic acids is 2. The number of carbonyl (C=O) groups is 2. The molecule has 0 rings (SSSR count). The van der Waals surface area contributed by atoms with Crippen LogP contribution in [0.1, 0.15) is 33.1 Å². The third kappa shape index (κ3) is 7.63. The maximum absolute atomic E-state index is 11.1. The van der Waals surface area contributed by atoms with Crippen molar-refractivity contribution < 1.29 is 9.59 Å². The first kappa shape index (κ1) is 13.6.